The van der Waals surface area contributed by atoms with E-state index in [2.05, 4.69) is 11.6 Å². The Bertz CT molecular complexity index is 860. The number of piperidine rings is 1. The van der Waals surface area contributed by atoms with Crippen LogP contribution in [0.5, 0.6) is 0 Å². The molecule has 154 valence electrons. The second-order valence-electron chi connectivity index (χ2n) is 7.94. The summed E-state index contributed by atoms with van der Waals surface area (Å²) in [7, 11) is -3.70. The first-order valence-corrected chi connectivity index (χ1v) is 11.4. The predicted molar refractivity (Wildman–Crippen MR) is 108 cm³/mol. The number of carbonyl (C=O) groups excluding carboxylic acids is 2. The molecule has 1 atom stereocenters. The number of likely N-dealkylation sites (tertiary alicyclic amines) is 1. The van der Waals surface area contributed by atoms with Gasteiger partial charge in [-0.2, -0.15) is 0 Å². The summed E-state index contributed by atoms with van der Waals surface area (Å²) in [5, 5.41) is 0. The summed E-state index contributed by atoms with van der Waals surface area (Å²) in [6, 6.07) is 4.85. The van der Waals surface area contributed by atoms with Crippen molar-refractivity contribution < 1.29 is 18.0 Å². The van der Waals surface area contributed by atoms with E-state index in [0.29, 0.717) is 12.3 Å². The smallest absolute Gasteiger partial charge is 0.240 e. The molecule has 0 aromatic heterocycles. The minimum Gasteiger partial charge on any atom is -0.343 e. The number of sulfonamides is 1. The Kier molecular flexibility index (Phi) is 6.09. The van der Waals surface area contributed by atoms with Gasteiger partial charge in [-0.05, 0) is 55.9 Å². The molecular weight excluding hydrogens is 378 g/mol. The van der Waals surface area contributed by atoms with E-state index in [-0.39, 0.29) is 35.7 Å². The standard InChI is InChI=1S/C20H29N3O4S/c1-14-7-10-22(11-8-14)20(25)6-9-21-28(26,27)18-4-5-19-17(13-18)12-15(2)23(19)16(3)24/h4-5,13-15,21H,6-12H2,1-3H3/t15-/m1/s1. The van der Waals surface area contributed by atoms with E-state index < -0.39 is 10.0 Å². The average molecular weight is 408 g/mol. The van der Waals surface area contributed by atoms with Crippen molar-refractivity contribution in [3.05, 3.63) is 23.8 Å². The van der Waals surface area contributed by atoms with Crippen LogP contribution < -0.4 is 9.62 Å². The fraction of sp³-hybridized carbons (Fsp3) is 0.600. The van der Waals surface area contributed by atoms with Crippen molar-refractivity contribution in [2.45, 2.75) is 57.4 Å². The fourth-order valence-corrected chi connectivity index (χ4v) is 5.13. The zero-order valence-corrected chi connectivity index (χ0v) is 17.6. The molecule has 0 aliphatic carbocycles. The fourth-order valence-electron chi connectivity index (χ4n) is 4.05. The SMILES string of the molecule is CC(=O)N1c2ccc(S(=O)(=O)NCCC(=O)N3CCC(C)CC3)cc2C[C@H]1C. The highest BCUT2D eigenvalue weighted by atomic mass is 32.2. The van der Waals surface area contributed by atoms with Crippen molar-refractivity contribution in [1.82, 2.24) is 9.62 Å². The highest BCUT2D eigenvalue weighted by Crippen LogP contribution is 2.33. The third kappa shape index (κ3) is 4.38. The van der Waals surface area contributed by atoms with Gasteiger partial charge >= 0.3 is 0 Å². The highest BCUT2D eigenvalue weighted by Gasteiger charge is 2.30. The van der Waals surface area contributed by atoms with E-state index in [9.17, 15) is 18.0 Å². The van der Waals surface area contributed by atoms with E-state index in [0.717, 1.165) is 37.2 Å². The Morgan fingerprint density at radius 1 is 1.18 bits per heavy atom. The van der Waals surface area contributed by atoms with Gasteiger partial charge in [0.05, 0.1) is 4.90 Å². The second kappa shape index (κ2) is 8.21. The van der Waals surface area contributed by atoms with Crippen LogP contribution in [-0.2, 0) is 26.0 Å². The van der Waals surface area contributed by atoms with Gasteiger partial charge in [0.15, 0.2) is 0 Å². The van der Waals surface area contributed by atoms with Crippen molar-refractivity contribution >= 4 is 27.5 Å². The Balaban J connectivity index is 1.60. The summed E-state index contributed by atoms with van der Waals surface area (Å²) in [5.74, 6) is 0.587. The van der Waals surface area contributed by atoms with Crippen LogP contribution in [0.2, 0.25) is 0 Å². The number of fused-ring (bicyclic) bond motifs is 1. The van der Waals surface area contributed by atoms with Gasteiger partial charge in [0.1, 0.15) is 0 Å². The normalized spacial score (nSPS) is 20.3. The van der Waals surface area contributed by atoms with Gasteiger partial charge in [0.25, 0.3) is 0 Å². The monoisotopic (exact) mass is 407 g/mol. The van der Waals surface area contributed by atoms with Crippen molar-refractivity contribution in [2.75, 3.05) is 24.5 Å². The Morgan fingerprint density at radius 3 is 2.50 bits per heavy atom. The molecule has 3 rings (SSSR count). The molecule has 0 bridgehead atoms. The Morgan fingerprint density at radius 2 is 1.86 bits per heavy atom. The lowest BCUT2D eigenvalue weighted by atomic mass is 9.99. The highest BCUT2D eigenvalue weighted by molar-refractivity contribution is 7.89. The maximum atomic E-state index is 12.6. The number of carbonyl (C=O) groups is 2. The zero-order valence-electron chi connectivity index (χ0n) is 16.8. The molecule has 1 saturated heterocycles. The summed E-state index contributed by atoms with van der Waals surface area (Å²) in [5.41, 5.74) is 1.62. The maximum absolute atomic E-state index is 12.6. The molecule has 2 heterocycles. The van der Waals surface area contributed by atoms with E-state index in [1.165, 1.54) is 13.0 Å². The lowest BCUT2D eigenvalue weighted by molar-refractivity contribution is -0.132. The van der Waals surface area contributed by atoms with Crippen molar-refractivity contribution in [1.29, 1.82) is 0 Å². The molecule has 8 heteroatoms. The van der Waals surface area contributed by atoms with Crippen LogP contribution >= 0.6 is 0 Å². The number of nitrogens with one attached hydrogen (secondary N) is 1. The van der Waals surface area contributed by atoms with Crippen molar-refractivity contribution in [3.63, 3.8) is 0 Å². The minimum absolute atomic E-state index is 0.00511. The first-order valence-electron chi connectivity index (χ1n) is 9.89. The van der Waals surface area contributed by atoms with E-state index in [1.807, 2.05) is 11.8 Å². The largest absolute Gasteiger partial charge is 0.343 e. The van der Waals surface area contributed by atoms with Crippen LogP contribution in [0.25, 0.3) is 0 Å². The number of rotatable bonds is 5. The van der Waals surface area contributed by atoms with Crippen LogP contribution in [0.3, 0.4) is 0 Å². The molecule has 0 radical (unpaired) electrons. The lowest BCUT2D eigenvalue weighted by Crippen LogP contribution is -2.39. The average Bonchev–Trinajstić information content (AvgIpc) is 2.97. The zero-order chi connectivity index (χ0) is 20.5. The number of benzene rings is 1. The molecule has 2 aliphatic rings. The first-order chi connectivity index (χ1) is 13.2. The van der Waals surface area contributed by atoms with Gasteiger partial charge in [-0.25, -0.2) is 13.1 Å². The number of amides is 2. The topological polar surface area (TPSA) is 86.8 Å². The van der Waals surface area contributed by atoms with Crippen LogP contribution in [0.4, 0.5) is 5.69 Å². The maximum Gasteiger partial charge on any atom is 0.240 e. The van der Waals surface area contributed by atoms with Gasteiger partial charge in [-0.1, -0.05) is 6.92 Å². The summed E-state index contributed by atoms with van der Waals surface area (Å²) >= 11 is 0. The number of hydrogen-bond donors (Lipinski definition) is 1. The molecule has 1 N–H and O–H groups in total. The molecule has 0 spiro atoms. The molecule has 1 aromatic carbocycles. The quantitative estimate of drug-likeness (QED) is 0.808. The molecule has 0 saturated carbocycles. The van der Waals surface area contributed by atoms with Gasteiger partial charge in [-0.3, -0.25) is 9.59 Å². The van der Waals surface area contributed by atoms with Gasteiger partial charge in [-0.15, -0.1) is 0 Å². The molecule has 2 aliphatic heterocycles. The van der Waals surface area contributed by atoms with E-state index >= 15 is 0 Å². The third-order valence-electron chi connectivity index (χ3n) is 5.68. The van der Waals surface area contributed by atoms with E-state index in [4.69, 9.17) is 0 Å². The third-order valence-corrected chi connectivity index (χ3v) is 7.14. The Labute approximate surface area is 167 Å². The van der Waals surface area contributed by atoms with Gasteiger partial charge in [0, 0.05) is 44.7 Å². The number of nitrogens with zero attached hydrogens (tertiary/aromatic N) is 2. The van der Waals surface area contributed by atoms with Gasteiger partial charge in [0.2, 0.25) is 21.8 Å². The number of hydrogen-bond acceptors (Lipinski definition) is 4. The lowest BCUT2D eigenvalue weighted by Gasteiger charge is -2.30. The minimum atomic E-state index is -3.70. The second-order valence-corrected chi connectivity index (χ2v) is 9.71. The molecule has 0 unspecified atom stereocenters. The van der Waals surface area contributed by atoms with Crippen molar-refractivity contribution in [3.8, 4) is 0 Å². The summed E-state index contributed by atoms with van der Waals surface area (Å²) in [6.45, 7) is 7.23. The molecule has 28 heavy (non-hydrogen) atoms. The van der Waals surface area contributed by atoms with Crippen LogP contribution in [0.15, 0.2) is 23.1 Å². The Hall–Kier alpha value is -1.93. The molecule has 2 amide bonds. The summed E-state index contributed by atoms with van der Waals surface area (Å²) < 4.78 is 27.8. The summed E-state index contributed by atoms with van der Waals surface area (Å²) in [4.78, 5) is 27.8. The predicted octanol–water partition coefficient (Wildman–Crippen LogP) is 1.91. The van der Waals surface area contributed by atoms with Gasteiger partial charge < -0.3 is 9.80 Å². The molecule has 7 nitrogen and oxygen atoms in total. The molecule has 1 aromatic rings. The van der Waals surface area contributed by atoms with E-state index in [1.54, 1.807) is 17.0 Å². The van der Waals surface area contributed by atoms with Crippen molar-refractivity contribution in [2.24, 2.45) is 5.92 Å². The first kappa shape index (κ1) is 20.8. The van der Waals surface area contributed by atoms with Crippen LogP contribution in [0, 0.1) is 5.92 Å². The molecule has 1 fully saturated rings. The number of anilines is 1. The van der Waals surface area contributed by atoms with Crippen LogP contribution in [-0.4, -0.2) is 50.8 Å². The molecular formula is C20H29N3O4S. The summed E-state index contributed by atoms with van der Waals surface area (Å²) in [6.07, 6.45) is 2.79. The van der Waals surface area contributed by atoms with Crippen LogP contribution in [0.1, 0.15) is 45.6 Å².